The Morgan fingerprint density at radius 2 is 2.11 bits per heavy atom. The van der Waals surface area contributed by atoms with Crippen molar-refractivity contribution in [2.45, 2.75) is 39.7 Å². The van der Waals surface area contributed by atoms with Crippen molar-refractivity contribution in [3.05, 3.63) is 33.8 Å². The number of hydrogen-bond acceptors (Lipinski definition) is 2. The third kappa shape index (κ3) is 5.25. The molecule has 0 spiro atoms. The van der Waals surface area contributed by atoms with Gasteiger partial charge < -0.3 is 10.1 Å². The van der Waals surface area contributed by atoms with E-state index in [9.17, 15) is 0 Å². The van der Waals surface area contributed by atoms with Gasteiger partial charge in [0.2, 0.25) is 0 Å². The number of hydrogen-bond donors (Lipinski definition) is 1. The van der Waals surface area contributed by atoms with Gasteiger partial charge in [-0.2, -0.15) is 0 Å². The van der Waals surface area contributed by atoms with Crippen LogP contribution in [0.1, 0.15) is 43.9 Å². The van der Waals surface area contributed by atoms with E-state index in [1.807, 2.05) is 0 Å². The molecule has 0 heterocycles. The summed E-state index contributed by atoms with van der Waals surface area (Å²) in [6, 6.07) is 6.95. The van der Waals surface area contributed by atoms with Gasteiger partial charge in [-0.05, 0) is 43.9 Å². The second-order valence-electron chi connectivity index (χ2n) is 5.22. The first-order valence-electron chi connectivity index (χ1n) is 7.08. The van der Waals surface area contributed by atoms with Crippen molar-refractivity contribution in [1.29, 1.82) is 0 Å². The maximum Gasteiger partial charge on any atom is 0.0465 e. The maximum atomic E-state index is 5.22. The largest absolute Gasteiger partial charge is 0.385 e. The third-order valence-corrected chi connectivity index (χ3v) is 4.17. The number of rotatable bonds is 8. The Hall–Kier alpha value is -0.380. The lowest BCUT2D eigenvalue weighted by Gasteiger charge is -2.27. The van der Waals surface area contributed by atoms with Crippen molar-refractivity contribution < 1.29 is 4.74 Å². The summed E-state index contributed by atoms with van der Waals surface area (Å²) in [6.07, 6.45) is 2.22. The van der Waals surface area contributed by atoms with Crippen LogP contribution in [0.15, 0.2) is 22.7 Å². The van der Waals surface area contributed by atoms with Gasteiger partial charge in [-0.15, -0.1) is 0 Å². The fourth-order valence-electron chi connectivity index (χ4n) is 2.29. The van der Waals surface area contributed by atoms with Crippen LogP contribution in [0.4, 0.5) is 0 Å². The number of halogens is 1. The number of ether oxygens (including phenoxy) is 1. The molecule has 0 saturated heterocycles. The van der Waals surface area contributed by atoms with E-state index in [1.165, 1.54) is 15.6 Å². The van der Waals surface area contributed by atoms with Crippen LogP contribution in [0.3, 0.4) is 0 Å². The van der Waals surface area contributed by atoms with Gasteiger partial charge in [0.05, 0.1) is 0 Å². The minimum absolute atomic E-state index is 0.379. The van der Waals surface area contributed by atoms with E-state index in [2.05, 4.69) is 60.2 Å². The fourth-order valence-corrected chi connectivity index (χ4v) is 2.78. The summed E-state index contributed by atoms with van der Waals surface area (Å²) in [5, 5.41) is 3.68. The van der Waals surface area contributed by atoms with Crippen LogP contribution in [0.5, 0.6) is 0 Å². The minimum Gasteiger partial charge on any atom is -0.385 e. The summed E-state index contributed by atoms with van der Waals surface area (Å²) in [4.78, 5) is 0. The lowest BCUT2D eigenvalue weighted by molar-refractivity contribution is 0.170. The molecule has 19 heavy (non-hydrogen) atoms. The first-order valence-corrected chi connectivity index (χ1v) is 7.87. The van der Waals surface area contributed by atoms with E-state index in [0.29, 0.717) is 12.0 Å². The Balaban J connectivity index is 2.91. The van der Waals surface area contributed by atoms with Crippen molar-refractivity contribution in [3.63, 3.8) is 0 Å². The van der Waals surface area contributed by atoms with Crippen molar-refractivity contribution >= 4 is 15.9 Å². The molecule has 0 fully saturated rings. The van der Waals surface area contributed by atoms with E-state index in [4.69, 9.17) is 4.74 Å². The summed E-state index contributed by atoms with van der Waals surface area (Å²) in [5.41, 5.74) is 2.66. The van der Waals surface area contributed by atoms with Crippen LogP contribution in [0, 0.1) is 12.8 Å². The van der Waals surface area contributed by atoms with Crippen LogP contribution in [0.2, 0.25) is 0 Å². The lowest BCUT2D eigenvalue weighted by atomic mass is 9.91. The molecular weight excluding hydrogens is 302 g/mol. The molecule has 0 aliphatic carbocycles. The van der Waals surface area contributed by atoms with Crippen molar-refractivity contribution in [2.75, 3.05) is 20.3 Å². The number of aryl methyl sites for hydroxylation is 1. The molecule has 0 aliphatic rings. The van der Waals surface area contributed by atoms with E-state index in [1.54, 1.807) is 7.11 Å². The molecule has 2 atom stereocenters. The van der Waals surface area contributed by atoms with Crippen LogP contribution < -0.4 is 5.32 Å². The normalized spacial score (nSPS) is 14.4. The zero-order chi connectivity index (χ0) is 14.3. The standard InChI is InChI=1S/C16H26BrNO/c1-5-9-18-16(13(3)8-10-19-4)14-11-12(2)6-7-15(14)17/h6-7,11,13,16,18H,5,8-10H2,1-4H3. The zero-order valence-electron chi connectivity index (χ0n) is 12.5. The van der Waals surface area contributed by atoms with Crippen molar-refractivity contribution in [2.24, 2.45) is 5.92 Å². The van der Waals surface area contributed by atoms with Gasteiger partial charge in [0, 0.05) is 24.2 Å². The predicted octanol–water partition coefficient (Wildman–Crippen LogP) is 4.47. The molecule has 108 valence electrons. The molecule has 2 nitrogen and oxygen atoms in total. The Morgan fingerprint density at radius 3 is 2.74 bits per heavy atom. The van der Waals surface area contributed by atoms with Gasteiger partial charge in [-0.3, -0.25) is 0 Å². The van der Waals surface area contributed by atoms with E-state index in [0.717, 1.165) is 26.0 Å². The van der Waals surface area contributed by atoms with Gasteiger partial charge in [0.15, 0.2) is 0 Å². The van der Waals surface area contributed by atoms with Crippen LogP contribution in [0.25, 0.3) is 0 Å². The molecule has 3 heteroatoms. The molecule has 0 aliphatic heterocycles. The van der Waals surface area contributed by atoms with Gasteiger partial charge in [0.25, 0.3) is 0 Å². The molecule has 0 saturated carbocycles. The first-order chi connectivity index (χ1) is 9.10. The van der Waals surface area contributed by atoms with Gasteiger partial charge in [-0.25, -0.2) is 0 Å². The molecular formula is C16H26BrNO. The highest BCUT2D eigenvalue weighted by Gasteiger charge is 2.20. The molecule has 1 rings (SSSR count). The molecule has 2 unspecified atom stereocenters. The third-order valence-electron chi connectivity index (χ3n) is 3.45. The highest BCUT2D eigenvalue weighted by Crippen LogP contribution is 2.31. The van der Waals surface area contributed by atoms with Crippen molar-refractivity contribution in [3.8, 4) is 0 Å². The maximum absolute atomic E-state index is 5.22. The molecule has 0 bridgehead atoms. The molecule has 1 N–H and O–H groups in total. The topological polar surface area (TPSA) is 21.3 Å². The van der Waals surface area contributed by atoms with Crippen LogP contribution in [-0.4, -0.2) is 20.3 Å². The van der Waals surface area contributed by atoms with E-state index >= 15 is 0 Å². The quantitative estimate of drug-likeness (QED) is 0.760. The Morgan fingerprint density at radius 1 is 1.37 bits per heavy atom. The number of benzene rings is 1. The smallest absolute Gasteiger partial charge is 0.0465 e. The fraction of sp³-hybridized carbons (Fsp3) is 0.625. The van der Waals surface area contributed by atoms with Gasteiger partial charge in [0.1, 0.15) is 0 Å². The van der Waals surface area contributed by atoms with Crippen LogP contribution in [-0.2, 0) is 4.74 Å². The van der Waals surface area contributed by atoms with Gasteiger partial charge >= 0.3 is 0 Å². The number of methoxy groups -OCH3 is 1. The Kier molecular flexibility index (Phi) is 7.66. The predicted molar refractivity (Wildman–Crippen MR) is 85.6 cm³/mol. The molecule has 1 aromatic carbocycles. The average Bonchev–Trinajstić information content (AvgIpc) is 2.40. The summed E-state index contributed by atoms with van der Waals surface area (Å²) >= 11 is 3.69. The zero-order valence-corrected chi connectivity index (χ0v) is 14.1. The first kappa shape index (κ1) is 16.7. The minimum atomic E-state index is 0.379. The summed E-state index contributed by atoms with van der Waals surface area (Å²) < 4.78 is 6.41. The summed E-state index contributed by atoms with van der Waals surface area (Å²) in [6.45, 7) is 8.50. The molecule has 0 aromatic heterocycles. The molecule has 0 amide bonds. The second-order valence-corrected chi connectivity index (χ2v) is 6.07. The SMILES string of the molecule is CCCNC(c1cc(C)ccc1Br)C(C)CCOC. The van der Waals surface area contributed by atoms with Crippen molar-refractivity contribution in [1.82, 2.24) is 5.32 Å². The second kappa shape index (κ2) is 8.72. The van der Waals surface area contributed by atoms with E-state index < -0.39 is 0 Å². The Labute approximate surface area is 126 Å². The average molecular weight is 328 g/mol. The summed E-state index contributed by atoms with van der Waals surface area (Å²) in [5.74, 6) is 0.546. The monoisotopic (exact) mass is 327 g/mol. The summed E-state index contributed by atoms with van der Waals surface area (Å²) in [7, 11) is 1.77. The highest BCUT2D eigenvalue weighted by atomic mass is 79.9. The molecule has 0 radical (unpaired) electrons. The van der Waals surface area contributed by atoms with E-state index in [-0.39, 0.29) is 0 Å². The number of nitrogens with one attached hydrogen (secondary N) is 1. The lowest BCUT2D eigenvalue weighted by Crippen LogP contribution is -2.28. The highest BCUT2D eigenvalue weighted by molar-refractivity contribution is 9.10. The van der Waals surface area contributed by atoms with Gasteiger partial charge in [-0.1, -0.05) is 47.5 Å². The van der Waals surface area contributed by atoms with Crippen LogP contribution >= 0.6 is 15.9 Å². The molecule has 1 aromatic rings. The Bertz CT molecular complexity index is 381.